The number of guanidine groups is 1. The van der Waals surface area contributed by atoms with Crippen LogP contribution in [0.25, 0.3) is 0 Å². The quantitative estimate of drug-likeness (QED) is 0.192. The predicted molar refractivity (Wildman–Crippen MR) is 126 cm³/mol. The van der Waals surface area contributed by atoms with E-state index in [9.17, 15) is 10.1 Å². The van der Waals surface area contributed by atoms with E-state index >= 15 is 0 Å². The van der Waals surface area contributed by atoms with Crippen molar-refractivity contribution in [2.75, 3.05) is 6.54 Å². The summed E-state index contributed by atoms with van der Waals surface area (Å²) < 4.78 is 0. The summed E-state index contributed by atoms with van der Waals surface area (Å²) in [6, 6.07) is 12.9. The number of halogens is 1. The van der Waals surface area contributed by atoms with E-state index in [1.54, 1.807) is 18.3 Å². The molecular weight excluding hydrogens is 481 g/mol. The van der Waals surface area contributed by atoms with Crippen LogP contribution in [0.2, 0.25) is 0 Å². The molecule has 1 saturated carbocycles. The van der Waals surface area contributed by atoms with Crippen LogP contribution in [0.1, 0.15) is 43.4 Å². The number of aromatic nitrogens is 1. The molecule has 7 nitrogen and oxygen atoms in total. The molecule has 3 rings (SSSR count). The van der Waals surface area contributed by atoms with E-state index in [2.05, 4.69) is 15.6 Å². The van der Waals surface area contributed by atoms with Gasteiger partial charge in [-0.05, 0) is 30.5 Å². The van der Waals surface area contributed by atoms with Crippen molar-refractivity contribution in [3.63, 3.8) is 0 Å². The molecule has 0 unspecified atom stereocenters. The van der Waals surface area contributed by atoms with Gasteiger partial charge in [0.1, 0.15) is 0 Å². The van der Waals surface area contributed by atoms with Gasteiger partial charge in [0.2, 0.25) is 0 Å². The van der Waals surface area contributed by atoms with E-state index in [1.165, 1.54) is 44.2 Å². The molecule has 29 heavy (non-hydrogen) atoms. The lowest BCUT2D eigenvalue weighted by atomic mass is 9.96. The molecule has 1 aromatic carbocycles. The van der Waals surface area contributed by atoms with Crippen molar-refractivity contribution in [3.8, 4) is 0 Å². The molecule has 1 heterocycles. The number of rotatable bonds is 7. The zero-order valence-electron chi connectivity index (χ0n) is 16.4. The summed E-state index contributed by atoms with van der Waals surface area (Å²) in [4.78, 5) is 19.5. The smallest absolute Gasteiger partial charge is 0.269 e. The second-order valence-electron chi connectivity index (χ2n) is 7.07. The third kappa shape index (κ3) is 7.96. The van der Waals surface area contributed by atoms with Crippen LogP contribution < -0.4 is 10.6 Å². The normalized spacial score (nSPS) is 14.7. The fraction of sp³-hybridized carbons (Fsp3) is 0.429. The molecule has 0 saturated heterocycles. The van der Waals surface area contributed by atoms with Crippen molar-refractivity contribution in [3.05, 3.63) is 70.0 Å². The number of benzene rings is 1. The third-order valence-corrected chi connectivity index (χ3v) is 4.91. The Hall–Kier alpha value is -2.23. The lowest BCUT2D eigenvalue weighted by Gasteiger charge is -2.25. The molecule has 1 aromatic heterocycles. The van der Waals surface area contributed by atoms with Gasteiger partial charge in [0.15, 0.2) is 5.96 Å². The van der Waals surface area contributed by atoms with Crippen LogP contribution in [-0.4, -0.2) is 28.5 Å². The zero-order chi connectivity index (χ0) is 19.6. The Labute approximate surface area is 188 Å². The second kappa shape index (κ2) is 12.4. The Kier molecular flexibility index (Phi) is 9.82. The van der Waals surface area contributed by atoms with E-state index in [0.29, 0.717) is 12.6 Å². The van der Waals surface area contributed by atoms with Crippen molar-refractivity contribution in [2.45, 2.75) is 51.1 Å². The maximum atomic E-state index is 10.8. The minimum absolute atomic E-state index is 0. The fourth-order valence-electron chi connectivity index (χ4n) is 3.34. The summed E-state index contributed by atoms with van der Waals surface area (Å²) in [6.45, 7) is 1.22. The minimum Gasteiger partial charge on any atom is -0.356 e. The topological polar surface area (TPSA) is 92.5 Å². The Bertz CT molecular complexity index is 777. The van der Waals surface area contributed by atoms with Crippen LogP contribution in [0, 0.1) is 10.1 Å². The molecule has 8 heteroatoms. The highest BCUT2D eigenvalue weighted by Gasteiger charge is 2.14. The number of nitrogens with one attached hydrogen (secondary N) is 2. The first-order valence-electron chi connectivity index (χ1n) is 9.89. The Balaban J connectivity index is 0.00000300. The molecule has 2 N–H and O–H groups in total. The van der Waals surface area contributed by atoms with Crippen molar-refractivity contribution in [1.29, 1.82) is 0 Å². The van der Waals surface area contributed by atoms with Gasteiger partial charge in [-0.3, -0.25) is 15.1 Å². The molecule has 1 fully saturated rings. The average Bonchev–Trinajstić information content (AvgIpc) is 2.73. The van der Waals surface area contributed by atoms with E-state index in [1.807, 2.05) is 18.2 Å². The molecule has 0 atom stereocenters. The number of aliphatic imine (C=N–C) groups is 1. The van der Waals surface area contributed by atoms with Gasteiger partial charge in [0, 0.05) is 43.0 Å². The minimum atomic E-state index is -0.387. The molecule has 0 amide bonds. The highest BCUT2D eigenvalue weighted by Crippen LogP contribution is 2.17. The van der Waals surface area contributed by atoms with Gasteiger partial charge in [-0.15, -0.1) is 24.0 Å². The summed E-state index contributed by atoms with van der Waals surface area (Å²) in [5, 5.41) is 17.7. The van der Waals surface area contributed by atoms with Crippen molar-refractivity contribution in [1.82, 2.24) is 15.6 Å². The highest BCUT2D eigenvalue weighted by molar-refractivity contribution is 14.0. The highest BCUT2D eigenvalue weighted by atomic mass is 127. The molecule has 0 radical (unpaired) electrons. The number of non-ortho nitro benzene ring substituents is 1. The molecule has 1 aliphatic rings. The molecule has 156 valence electrons. The van der Waals surface area contributed by atoms with Gasteiger partial charge in [0.25, 0.3) is 5.69 Å². The average molecular weight is 509 g/mol. The number of pyridine rings is 1. The molecule has 1 aliphatic carbocycles. The third-order valence-electron chi connectivity index (χ3n) is 4.91. The van der Waals surface area contributed by atoms with Crippen LogP contribution in [0.5, 0.6) is 0 Å². The molecule has 0 aliphatic heterocycles. The first kappa shape index (κ1) is 23.1. The van der Waals surface area contributed by atoms with E-state index in [4.69, 9.17) is 4.99 Å². The second-order valence-corrected chi connectivity index (χ2v) is 7.07. The molecule has 2 aromatic rings. The lowest BCUT2D eigenvalue weighted by Crippen LogP contribution is -2.44. The Morgan fingerprint density at radius 3 is 2.55 bits per heavy atom. The van der Waals surface area contributed by atoms with Gasteiger partial charge in [0.05, 0.1) is 11.5 Å². The van der Waals surface area contributed by atoms with Crippen LogP contribution in [-0.2, 0) is 13.0 Å². The standard InChI is InChI=1S/C21H27N5O2.HI/c27-26(28)20-11-9-17(10-12-20)16-24-21(25-19-7-2-1-3-8-19)23-15-13-18-6-4-5-14-22-18;/h4-6,9-12,14,19H,1-3,7-8,13,15-16H2,(H2,23,24,25);1H. The van der Waals surface area contributed by atoms with Crippen LogP contribution in [0.4, 0.5) is 5.69 Å². The van der Waals surface area contributed by atoms with Gasteiger partial charge in [-0.2, -0.15) is 0 Å². The number of nitro groups is 1. The zero-order valence-corrected chi connectivity index (χ0v) is 18.7. The lowest BCUT2D eigenvalue weighted by molar-refractivity contribution is -0.384. The number of hydrogen-bond donors (Lipinski definition) is 2. The Morgan fingerprint density at radius 1 is 1.14 bits per heavy atom. The van der Waals surface area contributed by atoms with Crippen LogP contribution in [0.15, 0.2) is 53.7 Å². The summed E-state index contributed by atoms with van der Waals surface area (Å²) >= 11 is 0. The van der Waals surface area contributed by atoms with Crippen LogP contribution in [0.3, 0.4) is 0 Å². The maximum absolute atomic E-state index is 10.8. The number of nitro benzene ring substituents is 1. The van der Waals surface area contributed by atoms with E-state index in [-0.39, 0.29) is 34.6 Å². The first-order chi connectivity index (χ1) is 13.7. The van der Waals surface area contributed by atoms with Crippen molar-refractivity contribution < 1.29 is 4.92 Å². The van der Waals surface area contributed by atoms with Crippen LogP contribution >= 0.6 is 24.0 Å². The van der Waals surface area contributed by atoms with E-state index in [0.717, 1.165) is 30.2 Å². The van der Waals surface area contributed by atoms with Crippen molar-refractivity contribution in [2.24, 2.45) is 4.99 Å². The van der Waals surface area contributed by atoms with E-state index < -0.39 is 0 Å². The number of nitrogens with zero attached hydrogens (tertiary/aromatic N) is 3. The monoisotopic (exact) mass is 509 g/mol. The summed E-state index contributed by atoms with van der Waals surface area (Å²) in [5.74, 6) is 0.793. The Morgan fingerprint density at radius 2 is 1.90 bits per heavy atom. The van der Waals surface area contributed by atoms with Gasteiger partial charge >= 0.3 is 0 Å². The van der Waals surface area contributed by atoms with Crippen molar-refractivity contribution >= 4 is 35.6 Å². The largest absolute Gasteiger partial charge is 0.356 e. The molecule has 0 spiro atoms. The van der Waals surface area contributed by atoms with Gasteiger partial charge < -0.3 is 10.6 Å². The summed E-state index contributed by atoms with van der Waals surface area (Å²) in [5.41, 5.74) is 2.09. The molecular formula is C21H28IN5O2. The van der Waals surface area contributed by atoms with Gasteiger partial charge in [-0.25, -0.2) is 4.99 Å². The number of hydrogen-bond acceptors (Lipinski definition) is 4. The summed E-state index contributed by atoms with van der Waals surface area (Å²) in [6.07, 6.45) is 8.77. The van der Waals surface area contributed by atoms with Gasteiger partial charge in [-0.1, -0.05) is 37.5 Å². The summed E-state index contributed by atoms with van der Waals surface area (Å²) in [7, 11) is 0. The maximum Gasteiger partial charge on any atom is 0.269 e. The fourth-order valence-corrected chi connectivity index (χ4v) is 3.34. The predicted octanol–water partition coefficient (Wildman–Crippen LogP) is 4.22. The molecule has 0 bridgehead atoms. The SMILES string of the molecule is I.O=[N+]([O-])c1ccc(CN=C(NCCc2ccccn2)NC2CCCCC2)cc1. The first-order valence-corrected chi connectivity index (χ1v) is 9.89.